The van der Waals surface area contributed by atoms with Crippen molar-refractivity contribution in [1.82, 2.24) is 0 Å². The molecule has 1 unspecified atom stereocenters. The molecule has 1 atom stereocenters. The third-order valence-electron chi connectivity index (χ3n) is 3.55. The van der Waals surface area contributed by atoms with Gasteiger partial charge in [-0.15, -0.1) is 0 Å². The normalized spacial score (nSPS) is 16.1. The van der Waals surface area contributed by atoms with Crippen LogP contribution in [0.1, 0.15) is 25.3 Å². The summed E-state index contributed by atoms with van der Waals surface area (Å²) in [4.78, 5) is 10.7. The lowest BCUT2D eigenvalue weighted by molar-refractivity contribution is -0.385. The molecule has 5 heteroatoms. The lowest BCUT2D eigenvalue weighted by atomic mass is 10.1. The molecule has 19 heavy (non-hydrogen) atoms. The molecule has 104 valence electrons. The van der Waals surface area contributed by atoms with Gasteiger partial charge < -0.3 is 10.1 Å². The first kappa shape index (κ1) is 13.8. The number of hydrogen-bond donors (Lipinski definition) is 1. The van der Waals surface area contributed by atoms with E-state index in [1.54, 1.807) is 13.2 Å². The Kier molecular flexibility index (Phi) is 4.37. The van der Waals surface area contributed by atoms with E-state index in [0.717, 1.165) is 11.3 Å². The van der Waals surface area contributed by atoms with Gasteiger partial charge in [-0.05, 0) is 31.2 Å². The van der Waals surface area contributed by atoms with E-state index in [-0.39, 0.29) is 16.7 Å². The summed E-state index contributed by atoms with van der Waals surface area (Å²) in [7, 11) is 1.68. The largest absolute Gasteiger partial charge is 0.383 e. The van der Waals surface area contributed by atoms with Crippen molar-refractivity contribution in [1.29, 1.82) is 0 Å². The number of nitrogens with one attached hydrogen (secondary N) is 1. The average Bonchev–Trinajstić information content (AvgIpc) is 3.22. The van der Waals surface area contributed by atoms with E-state index in [0.29, 0.717) is 18.9 Å². The molecule has 5 nitrogen and oxygen atoms in total. The van der Waals surface area contributed by atoms with Crippen LogP contribution in [0, 0.1) is 16.0 Å². The Morgan fingerprint density at radius 3 is 2.79 bits per heavy atom. The number of methoxy groups -OCH3 is 1. The quantitative estimate of drug-likeness (QED) is 0.607. The molecular formula is C14H20N2O3. The number of hydrogen-bond acceptors (Lipinski definition) is 4. The van der Waals surface area contributed by atoms with Crippen LogP contribution in [0.5, 0.6) is 0 Å². The Hall–Kier alpha value is -1.62. The van der Waals surface area contributed by atoms with Gasteiger partial charge in [0.15, 0.2) is 0 Å². The first-order chi connectivity index (χ1) is 9.15. The summed E-state index contributed by atoms with van der Waals surface area (Å²) >= 11 is 0. The second kappa shape index (κ2) is 6.02. The van der Waals surface area contributed by atoms with Crippen LogP contribution in [0.2, 0.25) is 0 Å². The van der Waals surface area contributed by atoms with Crippen molar-refractivity contribution >= 4 is 11.4 Å². The molecule has 1 aliphatic rings. The molecule has 0 heterocycles. The average molecular weight is 264 g/mol. The van der Waals surface area contributed by atoms with Crippen molar-refractivity contribution in [2.24, 2.45) is 5.92 Å². The first-order valence-corrected chi connectivity index (χ1v) is 6.68. The van der Waals surface area contributed by atoms with E-state index in [9.17, 15) is 10.1 Å². The standard InChI is InChI=1S/C14H20N2O3/c1-3-10-6-7-12(8-14(10)16(17)18)15-13(9-19-2)11-4-5-11/h6-8,11,13,15H,3-5,9H2,1-2H3. The highest BCUT2D eigenvalue weighted by molar-refractivity contribution is 5.56. The molecule has 0 spiro atoms. The number of aryl methyl sites for hydroxylation is 1. The van der Waals surface area contributed by atoms with Crippen LogP contribution in [-0.2, 0) is 11.2 Å². The van der Waals surface area contributed by atoms with Gasteiger partial charge in [-0.25, -0.2) is 0 Å². The van der Waals surface area contributed by atoms with Crippen molar-refractivity contribution in [3.63, 3.8) is 0 Å². The predicted molar refractivity (Wildman–Crippen MR) is 74.5 cm³/mol. The molecule has 1 saturated carbocycles. The second-order valence-corrected chi connectivity index (χ2v) is 5.00. The molecule has 0 saturated heterocycles. The van der Waals surface area contributed by atoms with Gasteiger partial charge >= 0.3 is 0 Å². The Labute approximate surface area is 113 Å². The first-order valence-electron chi connectivity index (χ1n) is 6.68. The number of ether oxygens (including phenoxy) is 1. The Morgan fingerprint density at radius 1 is 1.53 bits per heavy atom. The minimum absolute atomic E-state index is 0.194. The molecule has 0 radical (unpaired) electrons. The minimum atomic E-state index is -0.313. The van der Waals surface area contributed by atoms with Gasteiger partial charge in [0, 0.05) is 24.4 Å². The van der Waals surface area contributed by atoms with E-state index < -0.39 is 0 Å². The van der Waals surface area contributed by atoms with Crippen molar-refractivity contribution in [3.05, 3.63) is 33.9 Å². The van der Waals surface area contributed by atoms with Crippen LogP contribution >= 0.6 is 0 Å². The monoisotopic (exact) mass is 264 g/mol. The SMILES string of the molecule is CCc1ccc(NC(COC)C2CC2)cc1[N+](=O)[O-]. The minimum Gasteiger partial charge on any atom is -0.383 e. The van der Waals surface area contributed by atoms with Gasteiger partial charge in [-0.2, -0.15) is 0 Å². The van der Waals surface area contributed by atoms with Gasteiger partial charge in [0.1, 0.15) is 0 Å². The molecule has 0 aliphatic heterocycles. The zero-order valence-corrected chi connectivity index (χ0v) is 11.4. The van der Waals surface area contributed by atoms with E-state index in [1.165, 1.54) is 12.8 Å². The highest BCUT2D eigenvalue weighted by atomic mass is 16.6. The molecule has 0 aromatic heterocycles. The number of benzene rings is 1. The third-order valence-corrected chi connectivity index (χ3v) is 3.55. The van der Waals surface area contributed by atoms with Gasteiger partial charge in [0.05, 0.1) is 17.6 Å². The molecule has 2 rings (SSSR count). The maximum atomic E-state index is 11.0. The smallest absolute Gasteiger partial charge is 0.274 e. The van der Waals surface area contributed by atoms with Crippen LogP contribution in [0.15, 0.2) is 18.2 Å². The van der Waals surface area contributed by atoms with Crippen molar-refractivity contribution in [3.8, 4) is 0 Å². The summed E-state index contributed by atoms with van der Waals surface area (Å²) in [5.74, 6) is 0.629. The van der Waals surface area contributed by atoms with Gasteiger partial charge in [-0.1, -0.05) is 13.0 Å². The van der Waals surface area contributed by atoms with E-state index >= 15 is 0 Å². The van der Waals surface area contributed by atoms with E-state index in [1.807, 2.05) is 19.1 Å². The number of nitrogens with zero attached hydrogens (tertiary/aromatic N) is 1. The number of nitro benzene ring substituents is 1. The summed E-state index contributed by atoms with van der Waals surface area (Å²) in [6.45, 7) is 2.56. The second-order valence-electron chi connectivity index (χ2n) is 5.00. The van der Waals surface area contributed by atoms with Crippen LogP contribution in [-0.4, -0.2) is 24.7 Å². The van der Waals surface area contributed by atoms with E-state index in [4.69, 9.17) is 4.74 Å². The fourth-order valence-electron chi connectivity index (χ4n) is 2.31. The highest BCUT2D eigenvalue weighted by Gasteiger charge is 2.31. The van der Waals surface area contributed by atoms with Gasteiger partial charge in [-0.3, -0.25) is 10.1 Å². The number of rotatable bonds is 7. The Morgan fingerprint density at radius 2 is 2.26 bits per heavy atom. The molecule has 0 bridgehead atoms. The summed E-state index contributed by atoms with van der Waals surface area (Å²) in [6.07, 6.45) is 3.08. The molecule has 1 aromatic rings. The van der Waals surface area contributed by atoms with Crippen LogP contribution in [0.3, 0.4) is 0 Å². The Bertz CT molecular complexity index is 458. The molecule has 1 aromatic carbocycles. The molecule has 0 amide bonds. The number of anilines is 1. The molecule has 1 fully saturated rings. The van der Waals surface area contributed by atoms with Gasteiger partial charge in [0.2, 0.25) is 0 Å². The van der Waals surface area contributed by atoms with Crippen LogP contribution < -0.4 is 5.32 Å². The summed E-state index contributed by atoms with van der Waals surface area (Å²) < 4.78 is 5.20. The molecular weight excluding hydrogens is 244 g/mol. The summed E-state index contributed by atoms with van der Waals surface area (Å²) in [5.41, 5.74) is 1.77. The maximum absolute atomic E-state index is 11.0. The van der Waals surface area contributed by atoms with Crippen LogP contribution in [0.4, 0.5) is 11.4 Å². The summed E-state index contributed by atoms with van der Waals surface area (Å²) in [6, 6.07) is 5.62. The highest BCUT2D eigenvalue weighted by Crippen LogP contribution is 2.35. The third kappa shape index (κ3) is 3.44. The predicted octanol–water partition coefficient (Wildman–Crippen LogP) is 2.99. The number of nitro groups is 1. The molecule has 1 N–H and O–H groups in total. The van der Waals surface area contributed by atoms with Crippen molar-refractivity contribution < 1.29 is 9.66 Å². The topological polar surface area (TPSA) is 64.4 Å². The molecule has 1 aliphatic carbocycles. The summed E-state index contributed by atoms with van der Waals surface area (Å²) in [5, 5.41) is 14.4. The zero-order chi connectivity index (χ0) is 13.8. The van der Waals surface area contributed by atoms with Crippen molar-refractivity contribution in [2.45, 2.75) is 32.2 Å². The lowest BCUT2D eigenvalue weighted by Gasteiger charge is -2.18. The fraction of sp³-hybridized carbons (Fsp3) is 0.571. The lowest BCUT2D eigenvalue weighted by Crippen LogP contribution is -2.27. The van der Waals surface area contributed by atoms with Gasteiger partial charge in [0.25, 0.3) is 5.69 Å². The van der Waals surface area contributed by atoms with E-state index in [2.05, 4.69) is 5.32 Å². The Balaban J connectivity index is 2.15. The maximum Gasteiger partial charge on any atom is 0.274 e. The fourth-order valence-corrected chi connectivity index (χ4v) is 2.31. The van der Waals surface area contributed by atoms with Crippen LogP contribution in [0.25, 0.3) is 0 Å². The zero-order valence-electron chi connectivity index (χ0n) is 11.4. The van der Waals surface area contributed by atoms with Crippen molar-refractivity contribution in [2.75, 3.05) is 19.0 Å².